The summed E-state index contributed by atoms with van der Waals surface area (Å²) < 4.78 is 16.0. The molecule has 0 aliphatic rings. The van der Waals surface area contributed by atoms with Crippen LogP contribution in [-0.2, 0) is 6.54 Å². The zero-order chi connectivity index (χ0) is 21.3. The van der Waals surface area contributed by atoms with E-state index in [1.807, 2.05) is 24.3 Å². The lowest BCUT2D eigenvalue weighted by Crippen LogP contribution is -2.30. The Bertz CT molecular complexity index is 1010. The van der Waals surface area contributed by atoms with Crippen molar-refractivity contribution in [2.45, 2.75) is 6.54 Å². The summed E-state index contributed by atoms with van der Waals surface area (Å²) in [6.45, 7) is 8.22. The van der Waals surface area contributed by atoms with Crippen LogP contribution >= 0.6 is 0 Å². The molecule has 0 fully saturated rings. The number of carbonyl (C=O) groups is 1. The van der Waals surface area contributed by atoms with Gasteiger partial charge in [0.1, 0.15) is 24.7 Å². The minimum absolute atomic E-state index is 0.158. The van der Waals surface area contributed by atoms with E-state index in [9.17, 15) is 4.79 Å². The van der Waals surface area contributed by atoms with Crippen molar-refractivity contribution in [2.75, 3.05) is 20.3 Å². The summed E-state index contributed by atoms with van der Waals surface area (Å²) in [5, 5.41) is 4.01. The molecule has 0 aliphatic heterocycles. The quantitative estimate of drug-likeness (QED) is 0.472. The summed E-state index contributed by atoms with van der Waals surface area (Å²) in [5.41, 5.74) is 1.28. The molecule has 0 unspecified atom stereocenters. The molecule has 3 rings (SSSR count). The lowest BCUT2D eigenvalue weighted by atomic mass is 10.2. The molecule has 1 aromatic heterocycles. The average molecular weight is 405 g/mol. The fourth-order valence-electron chi connectivity index (χ4n) is 2.77. The van der Waals surface area contributed by atoms with Gasteiger partial charge in [0.05, 0.1) is 7.11 Å². The number of rotatable bonds is 10. The average Bonchev–Trinajstić information content (AvgIpc) is 3.25. The van der Waals surface area contributed by atoms with Crippen LogP contribution in [0.2, 0.25) is 0 Å². The Morgan fingerprint density at radius 1 is 1.13 bits per heavy atom. The summed E-state index contributed by atoms with van der Waals surface area (Å²) in [6, 6.07) is 14.3. The highest BCUT2D eigenvalue weighted by Crippen LogP contribution is 2.21. The van der Waals surface area contributed by atoms with Crippen molar-refractivity contribution in [3.63, 3.8) is 0 Å². The maximum Gasteiger partial charge on any atom is 0.254 e. The Hall–Kier alpha value is -3.87. The number of methoxy groups -OCH3 is 1. The van der Waals surface area contributed by atoms with Gasteiger partial charge in [-0.05, 0) is 42.5 Å². The van der Waals surface area contributed by atoms with E-state index in [2.05, 4.69) is 23.3 Å². The van der Waals surface area contributed by atoms with Gasteiger partial charge in [0.25, 0.3) is 5.91 Å². The Balaban J connectivity index is 1.75. The van der Waals surface area contributed by atoms with Crippen LogP contribution in [0, 0.1) is 0 Å². The van der Waals surface area contributed by atoms with Crippen molar-refractivity contribution >= 4 is 5.91 Å². The molecule has 1 amide bonds. The fourth-order valence-corrected chi connectivity index (χ4v) is 2.77. The standard InChI is InChI=1S/C23H23N3O4/c1-4-13-26(23(27)18-7-6-8-20(15-18)29-14-5-2)16-21-24-22(25-30-21)17-9-11-19(28-3)12-10-17/h4-12,15H,1-2,13-14,16H2,3H3. The number of ether oxygens (including phenoxy) is 2. The molecule has 0 bridgehead atoms. The van der Waals surface area contributed by atoms with Crippen LogP contribution in [0.5, 0.6) is 11.5 Å². The maximum atomic E-state index is 13.0. The lowest BCUT2D eigenvalue weighted by molar-refractivity contribution is 0.0745. The zero-order valence-electron chi connectivity index (χ0n) is 16.8. The predicted octanol–water partition coefficient (Wildman–Crippen LogP) is 4.14. The molecule has 0 N–H and O–H groups in total. The van der Waals surface area contributed by atoms with E-state index >= 15 is 0 Å². The molecule has 2 aromatic carbocycles. The van der Waals surface area contributed by atoms with Crippen LogP contribution in [0.1, 0.15) is 16.2 Å². The van der Waals surface area contributed by atoms with E-state index in [4.69, 9.17) is 14.0 Å². The molecule has 0 saturated carbocycles. The van der Waals surface area contributed by atoms with Crippen LogP contribution in [0.4, 0.5) is 0 Å². The number of aromatic nitrogens is 2. The molecule has 3 aromatic rings. The number of nitrogens with zero attached hydrogens (tertiary/aromatic N) is 3. The van der Waals surface area contributed by atoms with Crippen molar-refractivity contribution in [2.24, 2.45) is 0 Å². The van der Waals surface area contributed by atoms with E-state index in [0.717, 1.165) is 11.3 Å². The number of amides is 1. The lowest BCUT2D eigenvalue weighted by Gasteiger charge is -2.19. The molecule has 0 aliphatic carbocycles. The molecule has 0 radical (unpaired) electrons. The van der Waals surface area contributed by atoms with Crippen molar-refractivity contribution in [1.82, 2.24) is 15.0 Å². The van der Waals surface area contributed by atoms with Gasteiger partial charge in [0.2, 0.25) is 11.7 Å². The molecule has 1 heterocycles. The molecule has 0 spiro atoms. The number of benzene rings is 2. The van der Waals surface area contributed by atoms with Gasteiger partial charge in [0, 0.05) is 17.7 Å². The molecule has 0 saturated heterocycles. The zero-order valence-corrected chi connectivity index (χ0v) is 16.8. The van der Waals surface area contributed by atoms with Gasteiger partial charge in [-0.15, -0.1) is 6.58 Å². The summed E-state index contributed by atoms with van der Waals surface area (Å²) in [4.78, 5) is 19.0. The van der Waals surface area contributed by atoms with Crippen LogP contribution < -0.4 is 9.47 Å². The second kappa shape index (κ2) is 10.1. The molecular formula is C23H23N3O4. The van der Waals surface area contributed by atoms with Gasteiger partial charge < -0.3 is 18.9 Å². The minimum Gasteiger partial charge on any atom is -0.497 e. The monoisotopic (exact) mass is 405 g/mol. The third-order valence-corrected chi connectivity index (χ3v) is 4.23. The Labute approximate surface area is 175 Å². The molecule has 154 valence electrons. The van der Waals surface area contributed by atoms with Gasteiger partial charge in [0.15, 0.2) is 0 Å². The number of carbonyl (C=O) groups excluding carboxylic acids is 1. The Kier molecular flexibility index (Phi) is 7.00. The first-order valence-electron chi connectivity index (χ1n) is 9.35. The minimum atomic E-state index is -0.192. The maximum absolute atomic E-state index is 13.0. The van der Waals surface area contributed by atoms with Crippen molar-refractivity contribution in [3.8, 4) is 22.9 Å². The van der Waals surface area contributed by atoms with Gasteiger partial charge >= 0.3 is 0 Å². The highest BCUT2D eigenvalue weighted by atomic mass is 16.5. The molecule has 0 atom stereocenters. The highest BCUT2D eigenvalue weighted by molar-refractivity contribution is 5.94. The SMILES string of the molecule is C=CCOc1cccc(C(=O)N(CC=C)Cc2nc(-c3ccc(OC)cc3)no2)c1. The van der Waals surface area contributed by atoms with Crippen LogP contribution in [0.25, 0.3) is 11.4 Å². The van der Waals surface area contributed by atoms with E-state index in [-0.39, 0.29) is 12.5 Å². The summed E-state index contributed by atoms with van der Waals surface area (Å²) in [6.07, 6.45) is 3.30. The van der Waals surface area contributed by atoms with E-state index in [0.29, 0.717) is 36.2 Å². The summed E-state index contributed by atoms with van der Waals surface area (Å²) in [5.74, 6) is 1.92. The molecule has 30 heavy (non-hydrogen) atoms. The van der Waals surface area contributed by atoms with Gasteiger partial charge in [-0.2, -0.15) is 4.98 Å². The molecule has 7 heteroatoms. The number of hydrogen-bond donors (Lipinski definition) is 0. The van der Waals surface area contributed by atoms with E-state index in [1.54, 1.807) is 48.4 Å². The predicted molar refractivity (Wildman–Crippen MR) is 113 cm³/mol. The van der Waals surface area contributed by atoms with Crippen LogP contribution in [-0.4, -0.2) is 41.2 Å². The summed E-state index contributed by atoms with van der Waals surface area (Å²) in [7, 11) is 1.61. The van der Waals surface area contributed by atoms with Crippen LogP contribution in [0.3, 0.4) is 0 Å². The smallest absolute Gasteiger partial charge is 0.254 e. The molecule has 7 nitrogen and oxygen atoms in total. The first-order chi connectivity index (χ1) is 14.6. The van der Waals surface area contributed by atoms with E-state index in [1.165, 1.54) is 0 Å². The highest BCUT2D eigenvalue weighted by Gasteiger charge is 2.19. The Morgan fingerprint density at radius 2 is 1.93 bits per heavy atom. The van der Waals surface area contributed by atoms with E-state index < -0.39 is 0 Å². The van der Waals surface area contributed by atoms with Crippen LogP contribution in [0.15, 0.2) is 78.4 Å². The first kappa shape index (κ1) is 20.9. The second-order valence-corrected chi connectivity index (χ2v) is 6.34. The fraction of sp³-hybridized carbons (Fsp3) is 0.174. The van der Waals surface area contributed by atoms with Gasteiger partial charge in [-0.3, -0.25) is 4.79 Å². The Morgan fingerprint density at radius 3 is 2.63 bits per heavy atom. The largest absolute Gasteiger partial charge is 0.497 e. The van der Waals surface area contributed by atoms with Crippen molar-refractivity contribution < 1.29 is 18.8 Å². The normalized spacial score (nSPS) is 10.3. The summed E-state index contributed by atoms with van der Waals surface area (Å²) >= 11 is 0. The van der Waals surface area contributed by atoms with Crippen molar-refractivity contribution in [1.29, 1.82) is 0 Å². The van der Waals surface area contributed by atoms with Crippen molar-refractivity contribution in [3.05, 3.63) is 85.3 Å². The van der Waals surface area contributed by atoms with Gasteiger partial charge in [-0.25, -0.2) is 0 Å². The third kappa shape index (κ3) is 5.14. The molecular weight excluding hydrogens is 382 g/mol. The topological polar surface area (TPSA) is 77.7 Å². The number of hydrogen-bond acceptors (Lipinski definition) is 6. The second-order valence-electron chi connectivity index (χ2n) is 6.34. The van der Waals surface area contributed by atoms with Gasteiger partial charge in [-0.1, -0.05) is 30.0 Å². The first-order valence-corrected chi connectivity index (χ1v) is 9.35. The third-order valence-electron chi connectivity index (χ3n) is 4.23.